The summed E-state index contributed by atoms with van der Waals surface area (Å²) >= 11 is 1.22. The van der Waals surface area contributed by atoms with Crippen molar-refractivity contribution < 1.29 is 9.59 Å². The molecule has 2 amide bonds. The first-order valence-electron chi connectivity index (χ1n) is 10.8. The molecule has 0 bridgehead atoms. The van der Waals surface area contributed by atoms with Gasteiger partial charge in [-0.3, -0.25) is 19.1 Å². The zero-order valence-corrected chi connectivity index (χ0v) is 20.4. The topological polar surface area (TPSA) is 85.1 Å². The van der Waals surface area contributed by atoms with Crippen LogP contribution in [0.4, 0.5) is 11.4 Å². The molecule has 0 aliphatic heterocycles. The lowest BCUT2D eigenvalue weighted by molar-refractivity contribution is -0.115. The monoisotopic (exact) mass is 466 g/mol. The van der Waals surface area contributed by atoms with Crippen molar-refractivity contribution in [2.75, 3.05) is 16.4 Å². The molecule has 0 aliphatic carbocycles. The second kappa shape index (κ2) is 10.6. The van der Waals surface area contributed by atoms with Gasteiger partial charge in [-0.1, -0.05) is 44.2 Å². The Morgan fingerprint density at radius 3 is 2.21 bits per heavy atom. The summed E-state index contributed by atoms with van der Waals surface area (Å²) in [6.07, 6.45) is 0. The summed E-state index contributed by atoms with van der Waals surface area (Å²) in [5.74, 6) is 0.0526. The second-order valence-corrected chi connectivity index (χ2v) is 9.53. The number of thioether (sulfide) groups is 1. The number of rotatable bonds is 8. The van der Waals surface area contributed by atoms with Crippen molar-refractivity contribution >= 4 is 35.0 Å². The predicted octanol–water partition coefficient (Wildman–Crippen LogP) is 4.31. The first-order chi connectivity index (χ1) is 15.7. The SMILES string of the molecule is Cc1c(NC(=O)C(C)SCC(=O)Nc2ccc(C(C)C)cc2)c(=O)n(-c2ccccc2)n1C. The number of hydrogen-bond acceptors (Lipinski definition) is 4. The van der Waals surface area contributed by atoms with Gasteiger partial charge in [-0.15, -0.1) is 11.8 Å². The molecule has 0 radical (unpaired) electrons. The van der Waals surface area contributed by atoms with E-state index in [2.05, 4.69) is 24.5 Å². The number of aromatic nitrogens is 2. The zero-order valence-electron chi connectivity index (χ0n) is 19.6. The first kappa shape index (κ1) is 24.4. The summed E-state index contributed by atoms with van der Waals surface area (Å²) < 4.78 is 3.23. The Balaban J connectivity index is 1.60. The molecule has 7 nitrogen and oxygen atoms in total. The minimum Gasteiger partial charge on any atom is -0.325 e. The normalized spacial score (nSPS) is 11.9. The van der Waals surface area contributed by atoms with Gasteiger partial charge in [0.25, 0.3) is 5.56 Å². The van der Waals surface area contributed by atoms with Crippen molar-refractivity contribution in [3.05, 3.63) is 76.2 Å². The summed E-state index contributed by atoms with van der Waals surface area (Å²) in [7, 11) is 1.77. The quantitative estimate of drug-likeness (QED) is 0.518. The number of nitrogens with one attached hydrogen (secondary N) is 2. The Morgan fingerprint density at radius 1 is 0.970 bits per heavy atom. The van der Waals surface area contributed by atoms with Crippen LogP contribution in [0.5, 0.6) is 0 Å². The molecule has 0 saturated heterocycles. The molecular formula is C25H30N4O3S. The van der Waals surface area contributed by atoms with Gasteiger partial charge in [0.05, 0.1) is 22.4 Å². The van der Waals surface area contributed by atoms with Crippen molar-refractivity contribution in [1.29, 1.82) is 0 Å². The van der Waals surface area contributed by atoms with Crippen LogP contribution in [0.1, 0.15) is 37.9 Å². The van der Waals surface area contributed by atoms with Gasteiger partial charge in [-0.2, -0.15) is 0 Å². The van der Waals surface area contributed by atoms with E-state index in [4.69, 9.17) is 0 Å². The van der Waals surface area contributed by atoms with Crippen LogP contribution in [-0.4, -0.2) is 32.2 Å². The Labute approximate surface area is 198 Å². The van der Waals surface area contributed by atoms with E-state index in [1.54, 1.807) is 25.6 Å². The molecule has 1 aromatic heterocycles. The van der Waals surface area contributed by atoms with Crippen LogP contribution >= 0.6 is 11.8 Å². The van der Waals surface area contributed by atoms with Gasteiger partial charge in [0, 0.05) is 12.7 Å². The fourth-order valence-electron chi connectivity index (χ4n) is 3.36. The van der Waals surface area contributed by atoms with Crippen molar-refractivity contribution in [3.63, 3.8) is 0 Å². The van der Waals surface area contributed by atoms with Gasteiger partial charge in [0.2, 0.25) is 11.8 Å². The Morgan fingerprint density at radius 2 is 1.61 bits per heavy atom. The highest BCUT2D eigenvalue weighted by Gasteiger charge is 2.21. The van der Waals surface area contributed by atoms with Crippen LogP contribution in [-0.2, 0) is 16.6 Å². The Hall–Kier alpha value is -3.26. The number of nitrogens with zero attached hydrogens (tertiary/aromatic N) is 2. The number of carbonyl (C=O) groups excluding carboxylic acids is 2. The third kappa shape index (κ3) is 5.76. The van der Waals surface area contributed by atoms with E-state index in [-0.39, 0.29) is 28.8 Å². The third-order valence-corrected chi connectivity index (χ3v) is 6.64. The molecule has 3 rings (SSSR count). The molecule has 8 heteroatoms. The van der Waals surface area contributed by atoms with E-state index < -0.39 is 5.25 Å². The third-order valence-electron chi connectivity index (χ3n) is 5.50. The zero-order chi connectivity index (χ0) is 24.1. The molecule has 1 heterocycles. The minimum absolute atomic E-state index is 0.128. The molecule has 174 valence electrons. The largest absolute Gasteiger partial charge is 0.325 e. The highest BCUT2D eigenvalue weighted by molar-refractivity contribution is 8.01. The number of hydrogen-bond donors (Lipinski definition) is 2. The number of para-hydroxylation sites is 1. The fourth-order valence-corrected chi connectivity index (χ4v) is 4.05. The lowest BCUT2D eigenvalue weighted by Crippen LogP contribution is -2.28. The van der Waals surface area contributed by atoms with Crippen LogP contribution < -0.4 is 16.2 Å². The summed E-state index contributed by atoms with van der Waals surface area (Å²) in [5.41, 5.74) is 3.24. The number of carbonyl (C=O) groups is 2. The molecular weight excluding hydrogens is 436 g/mol. The van der Waals surface area contributed by atoms with Crippen LogP contribution in [0, 0.1) is 6.92 Å². The number of benzene rings is 2. The van der Waals surface area contributed by atoms with E-state index in [1.807, 2.05) is 54.6 Å². The van der Waals surface area contributed by atoms with Crippen molar-refractivity contribution in [1.82, 2.24) is 9.36 Å². The second-order valence-electron chi connectivity index (χ2n) is 8.20. The molecule has 1 unspecified atom stereocenters. The van der Waals surface area contributed by atoms with E-state index in [0.29, 0.717) is 17.3 Å². The minimum atomic E-state index is -0.511. The van der Waals surface area contributed by atoms with E-state index >= 15 is 0 Å². The average molecular weight is 467 g/mol. The molecule has 3 aromatic rings. The molecule has 0 aliphatic rings. The average Bonchev–Trinajstić information content (AvgIpc) is 3.01. The highest BCUT2D eigenvalue weighted by Crippen LogP contribution is 2.19. The lowest BCUT2D eigenvalue weighted by Gasteiger charge is -2.12. The maximum atomic E-state index is 13.0. The van der Waals surface area contributed by atoms with Crippen LogP contribution in [0.3, 0.4) is 0 Å². The van der Waals surface area contributed by atoms with Crippen molar-refractivity contribution in [2.24, 2.45) is 7.05 Å². The molecule has 0 fully saturated rings. The summed E-state index contributed by atoms with van der Waals surface area (Å²) in [6.45, 7) is 7.74. The van der Waals surface area contributed by atoms with Gasteiger partial charge < -0.3 is 10.6 Å². The lowest BCUT2D eigenvalue weighted by atomic mass is 10.0. The van der Waals surface area contributed by atoms with Gasteiger partial charge in [0.1, 0.15) is 5.69 Å². The molecule has 0 saturated carbocycles. The van der Waals surface area contributed by atoms with E-state index in [9.17, 15) is 14.4 Å². The first-order valence-corrected chi connectivity index (χ1v) is 11.9. The molecule has 33 heavy (non-hydrogen) atoms. The molecule has 0 spiro atoms. The van der Waals surface area contributed by atoms with E-state index in [1.165, 1.54) is 22.0 Å². The molecule has 2 aromatic carbocycles. The van der Waals surface area contributed by atoms with Gasteiger partial charge in [0.15, 0.2) is 0 Å². The standard InChI is InChI=1S/C25H30N4O3S/c1-16(2)19-11-13-20(14-12-19)26-22(30)15-33-18(4)24(31)27-23-17(3)28(5)29(25(23)32)21-9-7-6-8-10-21/h6-14,16,18H,15H2,1-5H3,(H,26,30)(H,27,31). The smallest absolute Gasteiger partial charge is 0.295 e. The number of amides is 2. The van der Waals surface area contributed by atoms with Crippen LogP contribution in [0.25, 0.3) is 5.69 Å². The van der Waals surface area contributed by atoms with E-state index in [0.717, 1.165) is 5.69 Å². The summed E-state index contributed by atoms with van der Waals surface area (Å²) in [6, 6.07) is 17.0. The maximum Gasteiger partial charge on any atom is 0.295 e. The Kier molecular flexibility index (Phi) is 7.81. The maximum absolute atomic E-state index is 13.0. The van der Waals surface area contributed by atoms with Gasteiger partial charge >= 0.3 is 0 Å². The van der Waals surface area contributed by atoms with Crippen LogP contribution in [0.15, 0.2) is 59.4 Å². The predicted molar refractivity (Wildman–Crippen MR) is 135 cm³/mol. The fraction of sp³-hybridized carbons (Fsp3) is 0.320. The number of anilines is 2. The van der Waals surface area contributed by atoms with Gasteiger partial charge in [-0.25, -0.2) is 4.68 Å². The van der Waals surface area contributed by atoms with Crippen LogP contribution in [0.2, 0.25) is 0 Å². The summed E-state index contributed by atoms with van der Waals surface area (Å²) in [4.78, 5) is 38.0. The van der Waals surface area contributed by atoms with Crippen molar-refractivity contribution in [2.45, 2.75) is 38.9 Å². The van der Waals surface area contributed by atoms with Gasteiger partial charge in [-0.05, 0) is 49.6 Å². The molecule has 2 N–H and O–H groups in total. The highest BCUT2D eigenvalue weighted by atomic mass is 32.2. The molecule has 1 atom stereocenters. The Bertz CT molecular complexity index is 1180. The summed E-state index contributed by atoms with van der Waals surface area (Å²) in [5, 5.41) is 5.09. The van der Waals surface area contributed by atoms with Crippen molar-refractivity contribution in [3.8, 4) is 5.69 Å².